The maximum atomic E-state index is 5.33. The fourth-order valence-electron chi connectivity index (χ4n) is 1.61. The minimum absolute atomic E-state index is 0.775. The number of allylic oxidation sites excluding steroid dienone is 7. The number of hydrogen-bond acceptors (Lipinski definition) is 2. The van der Waals surface area contributed by atoms with E-state index in [1.807, 2.05) is 48.6 Å². The second-order valence-corrected chi connectivity index (χ2v) is 3.93. The topological polar surface area (TPSA) is 18.5 Å². The molecule has 0 saturated carbocycles. The lowest BCUT2D eigenvalue weighted by atomic mass is 10.1. The molecule has 0 amide bonds. The molecule has 0 bridgehead atoms. The molecule has 0 unspecified atom stereocenters. The van der Waals surface area contributed by atoms with Crippen molar-refractivity contribution in [1.29, 1.82) is 0 Å². The smallest absolute Gasteiger partial charge is 0.129 e. The van der Waals surface area contributed by atoms with Crippen LogP contribution in [0.2, 0.25) is 0 Å². The maximum absolute atomic E-state index is 5.33. The normalized spacial score (nSPS) is 11.8. The summed E-state index contributed by atoms with van der Waals surface area (Å²) >= 11 is 0. The fraction of sp³-hybridized carbons (Fsp3) is 0.111. The van der Waals surface area contributed by atoms with Gasteiger partial charge in [0.1, 0.15) is 11.5 Å². The fourth-order valence-corrected chi connectivity index (χ4v) is 1.61. The van der Waals surface area contributed by atoms with E-state index in [1.165, 1.54) is 0 Å². The summed E-state index contributed by atoms with van der Waals surface area (Å²) in [4.78, 5) is 0. The molecule has 0 aromatic heterocycles. The van der Waals surface area contributed by atoms with Gasteiger partial charge in [0.15, 0.2) is 0 Å². The SMILES string of the molecule is C=C/C=C(C=C)/C=C/C=C/c1ccc(OC)cc1OC. The summed E-state index contributed by atoms with van der Waals surface area (Å²) in [5.74, 6) is 1.55. The summed E-state index contributed by atoms with van der Waals surface area (Å²) in [6, 6.07) is 5.71. The van der Waals surface area contributed by atoms with Crippen LogP contribution in [0.5, 0.6) is 11.5 Å². The van der Waals surface area contributed by atoms with E-state index in [4.69, 9.17) is 9.47 Å². The van der Waals surface area contributed by atoms with Crippen LogP contribution >= 0.6 is 0 Å². The van der Waals surface area contributed by atoms with Gasteiger partial charge < -0.3 is 9.47 Å². The van der Waals surface area contributed by atoms with Gasteiger partial charge in [0.2, 0.25) is 0 Å². The van der Waals surface area contributed by atoms with Crippen LogP contribution in [0.15, 0.2) is 73.4 Å². The van der Waals surface area contributed by atoms with Crippen LogP contribution in [0.25, 0.3) is 6.08 Å². The van der Waals surface area contributed by atoms with Gasteiger partial charge in [0.05, 0.1) is 14.2 Å². The lowest BCUT2D eigenvalue weighted by Crippen LogP contribution is -1.89. The average Bonchev–Trinajstić information content (AvgIpc) is 2.50. The van der Waals surface area contributed by atoms with Crippen molar-refractivity contribution in [2.24, 2.45) is 0 Å². The van der Waals surface area contributed by atoms with Crippen LogP contribution < -0.4 is 9.47 Å². The van der Waals surface area contributed by atoms with E-state index in [0.29, 0.717) is 0 Å². The van der Waals surface area contributed by atoms with Gasteiger partial charge in [-0.15, -0.1) is 0 Å². The Kier molecular flexibility index (Phi) is 6.69. The van der Waals surface area contributed by atoms with Gasteiger partial charge in [-0.2, -0.15) is 0 Å². The van der Waals surface area contributed by atoms with Gasteiger partial charge in [-0.3, -0.25) is 0 Å². The largest absolute Gasteiger partial charge is 0.497 e. The zero-order chi connectivity index (χ0) is 14.8. The van der Waals surface area contributed by atoms with E-state index < -0.39 is 0 Å². The summed E-state index contributed by atoms with van der Waals surface area (Å²) in [5.41, 5.74) is 2.00. The van der Waals surface area contributed by atoms with E-state index in [0.717, 1.165) is 22.6 Å². The molecule has 1 aromatic carbocycles. The predicted octanol–water partition coefficient (Wildman–Crippen LogP) is 4.57. The molecule has 1 aromatic rings. The third-order valence-electron chi connectivity index (χ3n) is 2.66. The highest BCUT2D eigenvalue weighted by Crippen LogP contribution is 2.25. The molecule has 0 N–H and O–H groups in total. The second-order valence-electron chi connectivity index (χ2n) is 3.93. The molecule has 2 nitrogen and oxygen atoms in total. The first-order valence-electron chi connectivity index (χ1n) is 6.27. The highest BCUT2D eigenvalue weighted by molar-refractivity contribution is 5.60. The van der Waals surface area contributed by atoms with Crippen molar-refractivity contribution in [1.82, 2.24) is 0 Å². The highest BCUT2D eigenvalue weighted by Gasteiger charge is 2.00. The molecule has 1 rings (SSSR count). The number of hydrogen-bond donors (Lipinski definition) is 0. The van der Waals surface area contributed by atoms with E-state index in [2.05, 4.69) is 13.2 Å². The van der Waals surface area contributed by atoms with E-state index in [1.54, 1.807) is 26.4 Å². The minimum Gasteiger partial charge on any atom is -0.497 e. The molecule has 0 aliphatic carbocycles. The number of ether oxygens (including phenoxy) is 2. The molecule has 0 spiro atoms. The first-order valence-corrected chi connectivity index (χ1v) is 6.27. The molecular formula is C18H20O2. The third-order valence-corrected chi connectivity index (χ3v) is 2.66. The van der Waals surface area contributed by atoms with Gasteiger partial charge in [-0.1, -0.05) is 55.7 Å². The van der Waals surface area contributed by atoms with Crippen LogP contribution in [0.4, 0.5) is 0 Å². The predicted molar refractivity (Wildman–Crippen MR) is 86.2 cm³/mol. The molecule has 0 aliphatic rings. The summed E-state index contributed by atoms with van der Waals surface area (Å²) in [7, 11) is 3.28. The maximum Gasteiger partial charge on any atom is 0.129 e. The standard InChI is InChI=1S/C18H20O2/c1-5-9-15(6-2)10-7-8-11-16-12-13-17(19-3)14-18(16)20-4/h5-14H,1-2H2,3-4H3/b10-7+,11-8+,15-9+. The molecule has 0 heterocycles. The molecular weight excluding hydrogens is 248 g/mol. The van der Waals surface area contributed by atoms with Gasteiger partial charge in [-0.05, 0) is 17.7 Å². The van der Waals surface area contributed by atoms with Crippen LogP contribution in [-0.2, 0) is 0 Å². The molecule has 0 saturated heterocycles. The lowest BCUT2D eigenvalue weighted by Gasteiger charge is -2.06. The van der Waals surface area contributed by atoms with Gasteiger partial charge in [-0.25, -0.2) is 0 Å². The summed E-state index contributed by atoms with van der Waals surface area (Å²) in [6.45, 7) is 7.40. The van der Waals surface area contributed by atoms with Gasteiger partial charge in [0.25, 0.3) is 0 Å². The van der Waals surface area contributed by atoms with Gasteiger partial charge >= 0.3 is 0 Å². The van der Waals surface area contributed by atoms with E-state index in [9.17, 15) is 0 Å². The number of benzene rings is 1. The van der Waals surface area contributed by atoms with Crippen LogP contribution in [-0.4, -0.2) is 14.2 Å². The third kappa shape index (κ3) is 4.65. The Morgan fingerprint density at radius 1 is 1.10 bits per heavy atom. The Morgan fingerprint density at radius 2 is 1.90 bits per heavy atom. The van der Waals surface area contributed by atoms with Crippen molar-refractivity contribution < 1.29 is 9.47 Å². The minimum atomic E-state index is 0.775. The zero-order valence-corrected chi connectivity index (χ0v) is 12.0. The zero-order valence-electron chi connectivity index (χ0n) is 12.0. The summed E-state index contributed by atoms with van der Waals surface area (Å²) < 4.78 is 10.5. The quantitative estimate of drug-likeness (QED) is 0.674. The van der Waals surface area contributed by atoms with Crippen LogP contribution in [0, 0.1) is 0 Å². The van der Waals surface area contributed by atoms with Crippen LogP contribution in [0.3, 0.4) is 0 Å². The lowest BCUT2D eigenvalue weighted by molar-refractivity contribution is 0.394. The highest BCUT2D eigenvalue weighted by atomic mass is 16.5. The molecule has 0 radical (unpaired) electrons. The average molecular weight is 268 g/mol. The second kappa shape index (κ2) is 8.59. The monoisotopic (exact) mass is 268 g/mol. The van der Waals surface area contributed by atoms with Crippen molar-refractivity contribution >= 4 is 6.08 Å². The number of methoxy groups -OCH3 is 2. The van der Waals surface area contributed by atoms with Crippen molar-refractivity contribution in [2.45, 2.75) is 0 Å². The first kappa shape index (κ1) is 15.6. The van der Waals surface area contributed by atoms with Crippen molar-refractivity contribution in [3.63, 3.8) is 0 Å². The van der Waals surface area contributed by atoms with E-state index in [-0.39, 0.29) is 0 Å². The van der Waals surface area contributed by atoms with Crippen molar-refractivity contribution in [3.05, 3.63) is 78.9 Å². The van der Waals surface area contributed by atoms with Crippen molar-refractivity contribution in [3.8, 4) is 11.5 Å². The number of rotatable bonds is 7. The first-order chi connectivity index (χ1) is 9.74. The van der Waals surface area contributed by atoms with Crippen LogP contribution in [0.1, 0.15) is 5.56 Å². The molecule has 2 heteroatoms. The summed E-state index contributed by atoms with van der Waals surface area (Å²) in [5, 5.41) is 0. The Bertz CT molecular complexity index is 549. The summed E-state index contributed by atoms with van der Waals surface area (Å²) in [6.07, 6.45) is 13.2. The molecule has 0 atom stereocenters. The Hall–Kier alpha value is -2.48. The van der Waals surface area contributed by atoms with Gasteiger partial charge in [0, 0.05) is 11.6 Å². The molecule has 104 valence electrons. The van der Waals surface area contributed by atoms with Crippen molar-refractivity contribution in [2.75, 3.05) is 14.2 Å². The Morgan fingerprint density at radius 3 is 2.50 bits per heavy atom. The molecule has 20 heavy (non-hydrogen) atoms. The molecule has 0 fully saturated rings. The Balaban J connectivity index is 2.85. The Labute approximate surface area is 121 Å². The molecule has 0 aliphatic heterocycles. The van der Waals surface area contributed by atoms with E-state index >= 15 is 0 Å².